The summed E-state index contributed by atoms with van der Waals surface area (Å²) >= 11 is 1.57. The highest BCUT2D eigenvalue weighted by Crippen LogP contribution is 2.32. The van der Waals surface area contributed by atoms with Gasteiger partial charge in [0.25, 0.3) is 5.91 Å². The number of aryl methyl sites for hydroxylation is 1. The van der Waals surface area contributed by atoms with Gasteiger partial charge in [-0.25, -0.2) is 4.68 Å². The molecule has 0 atom stereocenters. The lowest BCUT2D eigenvalue weighted by Gasteiger charge is -2.07. The van der Waals surface area contributed by atoms with Crippen LogP contribution >= 0.6 is 11.3 Å². The zero-order chi connectivity index (χ0) is 23.1. The molecule has 6 aromatic rings. The van der Waals surface area contributed by atoms with Crippen LogP contribution < -0.4 is 5.32 Å². The van der Waals surface area contributed by atoms with Crippen LogP contribution in [0.4, 0.5) is 5.69 Å². The van der Waals surface area contributed by atoms with Gasteiger partial charge in [0.2, 0.25) is 0 Å². The van der Waals surface area contributed by atoms with E-state index in [2.05, 4.69) is 53.2 Å². The molecule has 0 aliphatic rings. The number of nitrogens with zero attached hydrogens (tertiary/aromatic N) is 3. The Morgan fingerprint density at radius 3 is 2.50 bits per heavy atom. The van der Waals surface area contributed by atoms with Crippen LogP contribution in [0, 0.1) is 0 Å². The topological polar surface area (TPSA) is 51.9 Å². The summed E-state index contributed by atoms with van der Waals surface area (Å²) in [5.74, 6) is -0.177. The van der Waals surface area contributed by atoms with E-state index in [-0.39, 0.29) is 5.91 Å². The Morgan fingerprint density at radius 1 is 0.912 bits per heavy atom. The van der Waals surface area contributed by atoms with E-state index in [9.17, 15) is 4.79 Å². The standard InChI is InChI=1S/C28H22N4OS/c1-2-31-24-12-7-6-11-21(24)22-17-19(14-15-25(22)31)29-28(33)23-18-32(20-9-4-3-5-10-20)30-27(23)26-13-8-16-34-26/h3-18H,2H2,1H3,(H,29,33). The Balaban J connectivity index is 1.41. The second-order valence-electron chi connectivity index (χ2n) is 8.10. The number of nitrogens with one attached hydrogen (secondary N) is 1. The molecule has 0 aliphatic heterocycles. The average Bonchev–Trinajstić information content (AvgIpc) is 3.62. The van der Waals surface area contributed by atoms with Crippen LogP contribution in [0.3, 0.4) is 0 Å². The largest absolute Gasteiger partial charge is 0.341 e. The molecule has 0 bridgehead atoms. The lowest BCUT2D eigenvalue weighted by molar-refractivity contribution is 0.102. The van der Waals surface area contributed by atoms with Gasteiger partial charge in [0.1, 0.15) is 5.69 Å². The molecule has 5 nitrogen and oxygen atoms in total. The summed E-state index contributed by atoms with van der Waals surface area (Å²) in [7, 11) is 0. The van der Waals surface area contributed by atoms with E-state index in [1.165, 1.54) is 10.9 Å². The fourth-order valence-corrected chi connectivity index (χ4v) is 5.24. The highest BCUT2D eigenvalue weighted by molar-refractivity contribution is 7.13. The van der Waals surface area contributed by atoms with Crippen molar-refractivity contribution in [2.45, 2.75) is 13.5 Å². The normalized spacial score (nSPS) is 11.3. The maximum atomic E-state index is 13.5. The van der Waals surface area contributed by atoms with Gasteiger partial charge >= 0.3 is 0 Å². The zero-order valence-corrected chi connectivity index (χ0v) is 19.4. The van der Waals surface area contributed by atoms with Crippen LogP contribution in [-0.2, 0) is 6.54 Å². The van der Waals surface area contributed by atoms with E-state index in [4.69, 9.17) is 5.10 Å². The Labute approximate surface area is 200 Å². The summed E-state index contributed by atoms with van der Waals surface area (Å²) in [5, 5.41) is 12.2. The van der Waals surface area contributed by atoms with Gasteiger partial charge in [-0.1, -0.05) is 42.5 Å². The van der Waals surface area contributed by atoms with Crippen LogP contribution in [0.5, 0.6) is 0 Å². The molecule has 0 saturated heterocycles. The summed E-state index contributed by atoms with van der Waals surface area (Å²) in [6, 6.07) is 28.3. The van der Waals surface area contributed by atoms with Gasteiger partial charge in [0.15, 0.2) is 0 Å². The van der Waals surface area contributed by atoms with Crippen LogP contribution in [0.15, 0.2) is 96.5 Å². The number of amides is 1. The van der Waals surface area contributed by atoms with Gasteiger partial charge in [-0.15, -0.1) is 11.3 Å². The summed E-state index contributed by atoms with van der Waals surface area (Å²) < 4.78 is 4.07. The first-order valence-electron chi connectivity index (χ1n) is 11.2. The summed E-state index contributed by atoms with van der Waals surface area (Å²) in [6.07, 6.45) is 1.81. The molecule has 0 spiro atoms. The Hall–Kier alpha value is -4.16. The quantitative estimate of drug-likeness (QED) is 0.300. The monoisotopic (exact) mass is 462 g/mol. The van der Waals surface area contributed by atoms with E-state index in [0.717, 1.165) is 33.7 Å². The number of carbonyl (C=O) groups is 1. The smallest absolute Gasteiger partial charge is 0.259 e. The first-order chi connectivity index (χ1) is 16.7. The second kappa shape index (κ2) is 8.32. The molecule has 3 aromatic heterocycles. The Morgan fingerprint density at radius 2 is 1.71 bits per heavy atom. The third kappa shape index (κ3) is 3.40. The number of benzene rings is 3. The lowest BCUT2D eigenvalue weighted by atomic mass is 10.1. The molecule has 1 N–H and O–H groups in total. The van der Waals surface area contributed by atoms with Crippen molar-refractivity contribution in [2.24, 2.45) is 0 Å². The minimum absolute atomic E-state index is 0.177. The molecule has 6 heteroatoms. The molecule has 3 heterocycles. The van der Waals surface area contributed by atoms with Gasteiger partial charge in [0, 0.05) is 40.2 Å². The minimum atomic E-state index is -0.177. The predicted molar refractivity (Wildman–Crippen MR) is 140 cm³/mol. The Bertz CT molecular complexity index is 1630. The minimum Gasteiger partial charge on any atom is -0.341 e. The fraction of sp³-hybridized carbons (Fsp3) is 0.0714. The third-order valence-electron chi connectivity index (χ3n) is 6.08. The number of para-hydroxylation sites is 2. The Kier molecular flexibility index (Phi) is 5.00. The van der Waals surface area contributed by atoms with E-state index in [1.807, 2.05) is 53.9 Å². The first-order valence-corrected chi connectivity index (χ1v) is 12.1. The summed E-state index contributed by atoms with van der Waals surface area (Å²) in [5.41, 5.74) is 5.27. The average molecular weight is 463 g/mol. The molecule has 0 radical (unpaired) electrons. The van der Waals surface area contributed by atoms with Crippen molar-refractivity contribution in [3.05, 3.63) is 102 Å². The van der Waals surface area contributed by atoms with E-state index in [1.54, 1.807) is 22.2 Å². The van der Waals surface area contributed by atoms with Crippen LogP contribution in [-0.4, -0.2) is 20.3 Å². The number of hydrogen-bond donors (Lipinski definition) is 1. The molecule has 0 unspecified atom stereocenters. The molecule has 0 aliphatic carbocycles. The SMILES string of the molecule is CCn1c2ccccc2c2cc(NC(=O)c3cn(-c4ccccc4)nc3-c3cccs3)ccc21. The van der Waals surface area contributed by atoms with Crippen molar-refractivity contribution in [1.82, 2.24) is 14.3 Å². The molecular formula is C28H22N4OS. The number of carbonyl (C=O) groups excluding carboxylic acids is 1. The van der Waals surface area contributed by atoms with Crippen LogP contribution in [0.25, 0.3) is 38.1 Å². The van der Waals surface area contributed by atoms with E-state index >= 15 is 0 Å². The van der Waals surface area contributed by atoms with Crippen molar-refractivity contribution in [1.29, 1.82) is 0 Å². The van der Waals surface area contributed by atoms with E-state index in [0.29, 0.717) is 11.3 Å². The highest BCUT2D eigenvalue weighted by atomic mass is 32.1. The van der Waals surface area contributed by atoms with Crippen molar-refractivity contribution in [2.75, 3.05) is 5.32 Å². The third-order valence-corrected chi connectivity index (χ3v) is 6.96. The molecule has 34 heavy (non-hydrogen) atoms. The molecule has 166 valence electrons. The van der Waals surface area contributed by atoms with Crippen LogP contribution in [0.2, 0.25) is 0 Å². The van der Waals surface area contributed by atoms with Gasteiger partial charge in [-0.2, -0.15) is 5.10 Å². The number of aromatic nitrogens is 3. The summed E-state index contributed by atoms with van der Waals surface area (Å²) in [6.45, 7) is 3.04. The number of anilines is 1. The number of rotatable bonds is 5. The molecule has 6 rings (SSSR count). The number of fused-ring (bicyclic) bond motifs is 3. The number of thiophene rings is 1. The van der Waals surface area contributed by atoms with Crippen molar-refractivity contribution < 1.29 is 4.79 Å². The lowest BCUT2D eigenvalue weighted by Crippen LogP contribution is -2.12. The van der Waals surface area contributed by atoms with Gasteiger partial charge in [0.05, 0.1) is 16.1 Å². The molecular weight excluding hydrogens is 440 g/mol. The van der Waals surface area contributed by atoms with Gasteiger partial charge in [-0.05, 0) is 54.8 Å². The first kappa shape index (κ1) is 20.4. The van der Waals surface area contributed by atoms with Crippen molar-refractivity contribution >= 4 is 44.7 Å². The molecule has 0 saturated carbocycles. The zero-order valence-electron chi connectivity index (χ0n) is 18.6. The van der Waals surface area contributed by atoms with Crippen molar-refractivity contribution in [3.63, 3.8) is 0 Å². The molecule has 1 amide bonds. The molecule has 3 aromatic carbocycles. The van der Waals surface area contributed by atoms with Crippen LogP contribution in [0.1, 0.15) is 17.3 Å². The molecule has 0 fully saturated rings. The van der Waals surface area contributed by atoms with Crippen molar-refractivity contribution in [3.8, 4) is 16.3 Å². The fourth-order valence-electron chi connectivity index (χ4n) is 4.52. The summed E-state index contributed by atoms with van der Waals surface area (Å²) in [4.78, 5) is 14.4. The highest BCUT2D eigenvalue weighted by Gasteiger charge is 2.20. The van der Waals surface area contributed by atoms with Gasteiger partial charge in [-0.3, -0.25) is 4.79 Å². The predicted octanol–water partition coefficient (Wildman–Crippen LogP) is 6.98. The second-order valence-corrected chi connectivity index (χ2v) is 9.04. The maximum absolute atomic E-state index is 13.5. The number of hydrogen-bond acceptors (Lipinski definition) is 3. The van der Waals surface area contributed by atoms with Gasteiger partial charge < -0.3 is 9.88 Å². The van der Waals surface area contributed by atoms with E-state index < -0.39 is 0 Å². The maximum Gasteiger partial charge on any atom is 0.259 e.